The second-order valence-corrected chi connectivity index (χ2v) is 3.54. The summed E-state index contributed by atoms with van der Waals surface area (Å²) in [5, 5.41) is 3.15. The second-order valence-electron chi connectivity index (χ2n) is 2.66. The molecule has 0 aliphatic carbocycles. The van der Waals surface area contributed by atoms with Crippen molar-refractivity contribution in [3.63, 3.8) is 0 Å². The highest BCUT2D eigenvalue weighted by atomic mass is 32.2. The van der Waals surface area contributed by atoms with Gasteiger partial charge in [-0.05, 0) is 24.0 Å². The van der Waals surface area contributed by atoms with E-state index in [0.717, 1.165) is 6.54 Å². The van der Waals surface area contributed by atoms with Crippen molar-refractivity contribution in [1.82, 2.24) is 5.32 Å². The molecule has 1 aromatic rings. The normalized spacial score (nSPS) is 9.54. The minimum absolute atomic E-state index is 0.629. The van der Waals surface area contributed by atoms with E-state index >= 15 is 0 Å². The molecule has 0 amide bonds. The summed E-state index contributed by atoms with van der Waals surface area (Å²) in [6.07, 6.45) is 7.20. The zero-order chi connectivity index (χ0) is 9.52. The highest BCUT2D eigenvalue weighted by Gasteiger charge is 1.92. The Kier molecular flexibility index (Phi) is 4.45. The lowest BCUT2D eigenvalue weighted by molar-refractivity contribution is 0.770. The number of hydrogen-bond acceptors (Lipinski definition) is 2. The molecule has 0 fully saturated rings. The van der Waals surface area contributed by atoms with Gasteiger partial charge in [-0.1, -0.05) is 18.1 Å². The minimum atomic E-state index is 0.629. The van der Waals surface area contributed by atoms with Crippen LogP contribution in [-0.4, -0.2) is 12.8 Å². The Balaban J connectivity index is 2.45. The van der Waals surface area contributed by atoms with Crippen LogP contribution in [0.15, 0.2) is 29.2 Å². The van der Waals surface area contributed by atoms with Gasteiger partial charge in [0.15, 0.2) is 0 Å². The van der Waals surface area contributed by atoms with Crippen molar-refractivity contribution < 1.29 is 0 Å². The van der Waals surface area contributed by atoms with Gasteiger partial charge < -0.3 is 5.32 Å². The lowest BCUT2D eigenvalue weighted by atomic mass is 10.2. The summed E-state index contributed by atoms with van der Waals surface area (Å²) < 4.78 is 0. The molecule has 2 heteroatoms. The number of hydrogen-bond donors (Lipinski definition) is 1. The van der Waals surface area contributed by atoms with E-state index in [9.17, 15) is 0 Å². The van der Waals surface area contributed by atoms with Crippen LogP contribution in [-0.2, 0) is 6.54 Å². The molecule has 1 aromatic carbocycles. The summed E-state index contributed by atoms with van der Waals surface area (Å²) >= 11 is 1.75. The fourth-order valence-electron chi connectivity index (χ4n) is 1.02. The predicted octanol–water partition coefficient (Wildman–Crippen LogP) is 2.13. The molecule has 1 N–H and O–H groups in total. The summed E-state index contributed by atoms with van der Waals surface area (Å²) in [4.78, 5) is 1.29. The Morgan fingerprint density at radius 3 is 2.62 bits per heavy atom. The third-order valence-electron chi connectivity index (χ3n) is 1.72. The molecule has 0 heterocycles. The SMILES string of the molecule is C#CCNCc1ccc(SC)cc1. The molecular formula is C11H13NS. The van der Waals surface area contributed by atoms with Gasteiger partial charge in [-0.25, -0.2) is 0 Å². The van der Waals surface area contributed by atoms with Crippen molar-refractivity contribution in [3.8, 4) is 12.3 Å². The Morgan fingerprint density at radius 2 is 2.08 bits per heavy atom. The molecule has 0 radical (unpaired) electrons. The van der Waals surface area contributed by atoms with Crippen LogP contribution in [0, 0.1) is 12.3 Å². The van der Waals surface area contributed by atoms with E-state index in [4.69, 9.17) is 6.42 Å². The van der Waals surface area contributed by atoms with Crippen molar-refractivity contribution in [1.29, 1.82) is 0 Å². The maximum absolute atomic E-state index is 5.12. The summed E-state index contributed by atoms with van der Waals surface area (Å²) in [5.74, 6) is 2.55. The first-order valence-corrected chi connectivity index (χ1v) is 5.36. The molecular weight excluding hydrogens is 178 g/mol. The van der Waals surface area contributed by atoms with Crippen LogP contribution in [0.3, 0.4) is 0 Å². The highest BCUT2D eigenvalue weighted by Crippen LogP contribution is 2.14. The molecule has 13 heavy (non-hydrogen) atoms. The maximum Gasteiger partial charge on any atom is 0.0576 e. The average molecular weight is 191 g/mol. The first-order chi connectivity index (χ1) is 6.36. The van der Waals surface area contributed by atoms with Crippen LogP contribution in [0.1, 0.15) is 5.56 Å². The van der Waals surface area contributed by atoms with Gasteiger partial charge in [-0.15, -0.1) is 18.2 Å². The smallest absolute Gasteiger partial charge is 0.0576 e. The molecule has 0 saturated carbocycles. The van der Waals surface area contributed by atoms with Gasteiger partial charge >= 0.3 is 0 Å². The van der Waals surface area contributed by atoms with Gasteiger partial charge in [-0.2, -0.15) is 0 Å². The number of thioether (sulfide) groups is 1. The van der Waals surface area contributed by atoms with E-state index < -0.39 is 0 Å². The standard InChI is InChI=1S/C11H13NS/c1-3-8-12-9-10-4-6-11(13-2)7-5-10/h1,4-7,12H,8-9H2,2H3. The molecule has 0 spiro atoms. The van der Waals surface area contributed by atoms with Crippen LogP contribution in [0.25, 0.3) is 0 Å². The van der Waals surface area contributed by atoms with Crippen molar-refractivity contribution >= 4 is 11.8 Å². The largest absolute Gasteiger partial charge is 0.302 e. The number of terminal acetylenes is 1. The van der Waals surface area contributed by atoms with Crippen LogP contribution in [0.4, 0.5) is 0 Å². The van der Waals surface area contributed by atoms with Crippen molar-refractivity contribution in [2.45, 2.75) is 11.4 Å². The van der Waals surface area contributed by atoms with Gasteiger partial charge in [0.1, 0.15) is 0 Å². The number of rotatable bonds is 4. The zero-order valence-corrected chi connectivity index (χ0v) is 8.53. The third kappa shape index (κ3) is 3.54. The van der Waals surface area contributed by atoms with E-state index in [1.54, 1.807) is 11.8 Å². The Labute approximate surface area is 83.9 Å². The van der Waals surface area contributed by atoms with Crippen molar-refractivity contribution in [2.24, 2.45) is 0 Å². The van der Waals surface area contributed by atoms with Crippen LogP contribution < -0.4 is 5.32 Å². The molecule has 0 unspecified atom stereocenters. The molecule has 1 rings (SSSR count). The fraction of sp³-hybridized carbons (Fsp3) is 0.273. The molecule has 0 aliphatic heterocycles. The molecule has 1 nitrogen and oxygen atoms in total. The number of benzene rings is 1. The predicted molar refractivity (Wildman–Crippen MR) is 58.8 cm³/mol. The van der Waals surface area contributed by atoms with E-state index in [-0.39, 0.29) is 0 Å². The summed E-state index contributed by atoms with van der Waals surface area (Å²) in [7, 11) is 0. The topological polar surface area (TPSA) is 12.0 Å². The van der Waals surface area contributed by atoms with Crippen LogP contribution >= 0.6 is 11.8 Å². The van der Waals surface area contributed by atoms with E-state index in [0.29, 0.717) is 6.54 Å². The zero-order valence-electron chi connectivity index (χ0n) is 7.71. The van der Waals surface area contributed by atoms with Crippen LogP contribution in [0.2, 0.25) is 0 Å². The van der Waals surface area contributed by atoms with Gasteiger partial charge in [0.25, 0.3) is 0 Å². The summed E-state index contributed by atoms with van der Waals surface area (Å²) in [6.45, 7) is 1.48. The van der Waals surface area contributed by atoms with E-state index in [1.165, 1.54) is 10.5 Å². The summed E-state index contributed by atoms with van der Waals surface area (Å²) in [5.41, 5.74) is 1.27. The Hall–Kier alpha value is -0.910. The van der Waals surface area contributed by atoms with E-state index in [2.05, 4.69) is 41.8 Å². The van der Waals surface area contributed by atoms with Crippen LogP contribution in [0.5, 0.6) is 0 Å². The van der Waals surface area contributed by atoms with Gasteiger partial charge in [0, 0.05) is 11.4 Å². The average Bonchev–Trinajstić information content (AvgIpc) is 2.19. The van der Waals surface area contributed by atoms with Gasteiger partial charge in [0.2, 0.25) is 0 Å². The van der Waals surface area contributed by atoms with Gasteiger partial charge in [-0.3, -0.25) is 0 Å². The Morgan fingerprint density at radius 1 is 1.38 bits per heavy atom. The minimum Gasteiger partial charge on any atom is -0.302 e. The lowest BCUT2D eigenvalue weighted by Gasteiger charge is -2.02. The van der Waals surface area contributed by atoms with Crippen molar-refractivity contribution in [3.05, 3.63) is 29.8 Å². The van der Waals surface area contributed by atoms with E-state index in [1.807, 2.05) is 0 Å². The molecule has 0 bridgehead atoms. The molecule has 68 valence electrons. The van der Waals surface area contributed by atoms with Gasteiger partial charge in [0.05, 0.1) is 6.54 Å². The Bertz CT molecular complexity index is 284. The fourth-order valence-corrected chi connectivity index (χ4v) is 1.43. The first kappa shape index (κ1) is 10.2. The molecule has 0 atom stereocenters. The lowest BCUT2D eigenvalue weighted by Crippen LogP contribution is -2.12. The molecule has 0 saturated heterocycles. The number of nitrogens with one attached hydrogen (secondary N) is 1. The summed E-state index contributed by atoms with van der Waals surface area (Å²) in [6, 6.07) is 8.49. The highest BCUT2D eigenvalue weighted by molar-refractivity contribution is 7.98. The molecule has 0 aliphatic rings. The quantitative estimate of drug-likeness (QED) is 0.444. The third-order valence-corrected chi connectivity index (χ3v) is 2.46. The first-order valence-electron chi connectivity index (χ1n) is 4.14. The molecule has 0 aromatic heterocycles. The maximum atomic E-state index is 5.12. The van der Waals surface area contributed by atoms with Crippen molar-refractivity contribution in [2.75, 3.05) is 12.8 Å². The second kappa shape index (κ2) is 5.69. The monoisotopic (exact) mass is 191 g/mol.